The molecule has 3 aromatic rings. The van der Waals surface area contributed by atoms with Gasteiger partial charge in [-0.05, 0) is 56.0 Å². The highest BCUT2D eigenvalue weighted by Crippen LogP contribution is 2.36. The highest BCUT2D eigenvalue weighted by atomic mass is 35.5. The molecule has 1 fully saturated rings. The van der Waals surface area contributed by atoms with Crippen LogP contribution in [0.5, 0.6) is 11.6 Å². The van der Waals surface area contributed by atoms with Gasteiger partial charge < -0.3 is 9.64 Å². The highest BCUT2D eigenvalue weighted by Gasteiger charge is 2.30. The number of nitrogens with zero attached hydrogens (tertiary/aromatic N) is 4. The summed E-state index contributed by atoms with van der Waals surface area (Å²) >= 11 is 6.05. The molecular weight excluding hydrogens is 534 g/mol. The quantitative estimate of drug-likeness (QED) is 0.295. The smallest absolute Gasteiger partial charge is 0.274 e. The molecule has 38 heavy (non-hydrogen) atoms. The maximum Gasteiger partial charge on any atom is 0.274 e. The number of likely N-dealkylation sites (tertiary alicyclic amines) is 1. The van der Waals surface area contributed by atoms with Gasteiger partial charge in [0, 0.05) is 42.4 Å². The fraction of sp³-hybridized carbons (Fsp3) is 0.360. The Morgan fingerprint density at radius 2 is 1.84 bits per heavy atom. The molecule has 1 saturated heterocycles. The zero-order valence-electron chi connectivity index (χ0n) is 21.2. The number of benzene rings is 2. The van der Waals surface area contributed by atoms with Crippen LogP contribution in [0.3, 0.4) is 0 Å². The molecule has 0 saturated carbocycles. The molecule has 0 aliphatic carbocycles. The Hall–Kier alpha value is -3.48. The predicted molar refractivity (Wildman–Crippen MR) is 142 cm³/mol. The first-order valence-corrected chi connectivity index (χ1v) is 13.9. The number of halogens is 1. The van der Waals surface area contributed by atoms with Crippen molar-refractivity contribution in [2.45, 2.75) is 38.5 Å². The van der Waals surface area contributed by atoms with E-state index in [1.165, 1.54) is 10.7 Å². The van der Waals surface area contributed by atoms with Crippen molar-refractivity contribution in [2.24, 2.45) is 5.92 Å². The Morgan fingerprint density at radius 1 is 1.18 bits per heavy atom. The molecule has 0 atom stereocenters. The molecule has 1 aromatic heterocycles. The normalized spacial score (nSPS) is 13.8. The van der Waals surface area contributed by atoms with Crippen LogP contribution in [-0.4, -0.2) is 53.6 Å². The van der Waals surface area contributed by atoms with E-state index >= 15 is 0 Å². The second-order valence-electron chi connectivity index (χ2n) is 9.40. The monoisotopic (exact) mass is 561 g/mol. The van der Waals surface area contributed by atoms with Gasteiger partial charge in [0.15, 0.2) is 5.69 Å². The van der Waals surface area contributed by atoms with Crippen LogP contribution in [0.4, 0.5) is 5.69 Å². The van der Waals surface area contributed by atoms with Crippen molar-refractivity contribution in [1.29, 1.82) is 0 Å². The number of amides is 1. The van der Waals surface area contributed by atoms with Crippen LogP contribution in [0.15, 0.2) is 47.4 Å². The number of ether oxygens (including phenoxy) is 1. The lowest BCUT2D eigenvalue weighted by Crippen LogP contribution is -2.28. The third-order valence-corrected chi connectivity index (χ3v) is 7.75. The van der Waals surface area contributed by atoms with E-state index in [-0.39, 0.29) is 35.7 Å². The molecule has 1 aliphatic rings. The standard InChI is InChI=1S/C25H28ClN5O6S/c1-16(2)15-27-38(35,36)22-14-20(31(33)34)10-11-21(22)37-25-17(3)23(24(32)29-12-4-5-13-29)28-30(25)19-8-6-18(26)7-9-19/h6-11,14,16,27H,4-5,12-13,15H2,1-3H3. The Labute approximate surface area is 225 Å². The van der Waals surface area contributed by atoms with Gasteiger partial charge in [-0.3, -0.25) is 14.9 Å². The maximum atomic E-state index is 13.3. The van der Waals surface area contributed by atoms with Gasteiger partial charge in [-0.25, -0.2) is 13.1 Å². The minimum Gasteiger partial charge on any atom is -0.437 e. The average molecular weight is 562 g/mol. The number of hydrogen-bond acceptors (Lipinski definition) is 7. The minimum atomic E-state index is -4.18. The van der Waals surface area contributed by atoms with Crippen molar-refractivity contribution in [3.63, 3.8) is 0 Å². The van der Waals surface area contributed by atoms with Crippen molar-refractivity contribution < 1.29 is 22.9 Å². The number of carbonyl (C=O) groups excluding carboxylic acids is 1. The van der Waals surface area contributed by atoms with E-state index in [1.807, 2.05) is 13.8 Å². The van der Waals surface area contributed by atoms with E-state index in [0.29, 0.717) is 29.4 Å². The van der Waals surface area contributed by atoms with Gasteiger partial charge in [-0.2, -0.15) is 9.78 Å². The maximum absolute atomic E-state index is 13.3. The number of sulfonamides is 1. The summed E-state index contributed by atoms with van der Waals surface area (Å²) in [6, 6.07) is 10.0. The SMILES string of the molecule is Cc1c(C(=O)N2CCCC2)nn(-c2ccc(Cl)cc2)c1Oc1ccc([N+](=O)[O-])cc1S(=O)(=O)NCC(C)C. The third kappa shape index (κ3) is 5.82. The number of carbonyl (C=O) groups is 1. The zero-order chi connectivity index (χ0) is 27.6. The number of non-ortho nitro benzene ring substituents is 1. The Morgan fingerprint density at radius 3 is 2.45 bits per heavy atom. The summed E-state index contributed by atoms with van der Waals surface area (Å²) in [7, 11) is -4.18. The van der Waals surface area contributed by atoms with E-state index in [4.69, 9.17) is 16.3 Å². The topological polar surface area (TPSA) is 137 Å². The summed E-state index contributed by atoms with van der Waals surface area (Å²) in [5.74, 6) is -0.303. The van der Waals surface area contributed by atoms with Crippen LogP contribution in [0.2, 0.25) is 5.02 Å². The van der Waals surface area contributed by atoms with Gasteiger partial charge in [0.1, 0.15) is 10.6 Å². The largest absolute Gasteiger partial charge is 0.437 e. The van der Waals surface area contributed by atoms with Gasteiger partial charge in [0.25, 0.3) is 11.6 Å². The number of hydrogen-bond donors (Lipinski definition) is 1. The van der Waals surface area contributed by atoms with E-state index in [0.717, 1.165) is 25.0 Å². The molecule has 1 amide bonds. The lowest BCUT2D eigenvalue weighted by atomic mass is 10.2. The summed E-state index contributed by atoms with van der Waals surface area (Å²) < 4.78 is 36.3. The molecular formula is C25H28ClN5O6S. The number of nitro benzene ring substituents is 1. The Kier molecular flexibility index (Phi) is 8.05. The molecule has 1 aliphatic heterocycles. The molecule has 0 unspecified atom stereocenters. The van der Waals surface area contributed by atoms with Gasteiger partial charge >= 0.3 is 0 Å². The summed E-state index contributed by atoms with van der Waals surface area (Å²) in [6.07, 6.45) is 1.80. The summed E-state index contributed by atoms with van der Waals surface area (Å²) in [5, 5.41) is 16.4. The van der Waals surface area contributed by atoms with E-state index in [9.17, 15) is 23.3 Å². The lowest BCUT2D eigenvalue weighted by Gasteiger charge is -2.15. The van der Waals surface area contributed by atoms with Crippen molar-refractivity contribution in [2.75, 3.05) is 19.6 Å². The molecule has 202 valence electrons. The van der Waals surface area contributed by atoms with Crippen LogP contribution in [0.25, 0.3) is 5.69 Å². The van der Waals surface area contributed by atoms with Crippen LogP contribution < -0.4 is 9.46 Å². The first kappa shape index (κ1) is 27.6. The third-order valence-electron chi connectivity index (χ3n) is 6.05. The molecule has 11 nitrogen and oxygen atoms in total. The molecule has 0 bridgehead atoms. The van der Waals surface area contributed by atoms with Gasteiger partial charge in [-0.1, -0.05) is 25.4 Å². The van der Waals surface area contributed by atoms with Crippen molar-refractivity contribution in [1.82, 2.24) is 19.4 Å². The van der Waals surface area contributed by atoms with Crippen LogP contribution in [0.1, 0.15) is 42.7 Å². The molecule has 1 N–H and O–H groups in total. The van der Waals surface area contributed by atoms with E-state index in [1.54, 1.807) is 36.1 Å². The first-order chi connectivity index (χ1) is 18.0. The number of aromatic nitrogens is 2. The molecule has 13 heteroatoms. The molecule has 2 heterocycles. The summed E-state index contributed by atoms with van der Waals surface area (Å²) in [6.45, 7) is 6.69. The number of rotatable bonds is 9. The highest BCUT2D eigenvalue weighted by molar-refractivity contribution is 7.89. The van der Waals surface area contributed by atoms with Crippen LogP contribution in [-0.2, 0) is 10.0 Å². The average Bonchev–Trinajstić information content (AvgIpc) is 3.52. The molecule has 0 radical (unpaired) electrons. The second-order valence-corrected chi connectivity index (χ2v) is 11.6. The molecule has 0 spiro atoms. The van der Waals surface area contributed by atoms with E-state index < -0.39 is 25.5 Å². The van der Waals surface area contributed by atoms with Crippen LogP contribution in [0, 0.1) is 23.0 Å². The van der Waals surface area contributed by atoms with Gasteiger partial charge in [0.2, 0.25) is 15.9 Å². The predicted octanol–water partition coefficient (Wildman–Crippen LogP) is 4.70. The van der Waals surface area contributed by atoms with Crippen LogP contribution >= 0.6 is 11.6 Å². The number of nitrogens with one attached hydrogen (secondary N) is 1. The summed E-state index contributed by atoms with van der Waals surface area (Å²) in [5.41, 5.74) is 0.683. The Bertz CT molecular complexity index is 1460. The fourth-order valence-corrected chi connectivity index (χ4v) is 5.48. The lowest BCUT2D eigenvalue weighted by molar-refractivity contribution is -0.385. The van der Waals surface area contributed by atoms with Gasteiger partial charge in [0.05, 0.1) is 10.6 Å². The zero-order valence-corrected chi connectivity index (χ0v) is 22.8. The second kappa shape index (κ2) is 11.1. The van der Waals surface area contributed by atoms with E-state index in [2.05, 4.69) is 9.82 Å². The fourth-order valence-electron chi connectivity index (χ4n) is 3.99. The van der Waals surface area contributed by atoms with Crippen molar-refractivity contribution in [3.8, 4) is 17.3 Å². The van der Waals surface area contributed by atoms with Crippen molar-refractivity contribution >= 4 is 33.2 Å². The van der Waals surface area contributed by atoms with Crippen molar-refractivity contribution in [3.05, 3.63) is 68.9 Å². The molecule has 2 aromatic carbocycles. The minimum absolute atomic E-state index is 0.000537. The number of nitro groups is 1. The summed E-state index contributed by atoms with van der Waals surface area (Å²) in [4.78, 5) is 25.3. The first-order valence-electron chi connectivity index (χ1n) is 12.1. The molecule has 4 rings (SSSR count). The van der Waals surface area contributed by atoms with Gasteiger partial charge in [-0.15, -0.1) is 0 Å². The Balaban J connectivity index is 1.84.